The van der Waals surface area contributed by atoms with E-state index in [4.69, 9.17) is 0 Å². The van der Waals surface area contributed by atoms with E-state index in [-0.39, 0.29) is 10.6 Å². The highest BCUT2D eigenvalue weighted by molar-refractivity contribution is 7.89. The van der Waals surface area contributed by atoms with Gasteiger partial charge in [0.1, 0.15) is 23.0 Å². The highest BCUT2D eigenvalue weighted by Gasteiger charge is 2.32. The molecule has 0 radical (unpaired) electrons. The Bertz CT molecular complexity index is 1110. The number of aromatic hydroxyl groups is 1. The number of benzene rings is 3. The van der Waals surface area contributed by atoms with Gasteiger partial charge >= 0.3 is 0 Å². The molecule has 1 aliphatic heterocycles. The van der Waals surface area contributed by atoms with Crippen molar-refractivity contribution in [2.45, 2.75) is 11.4 Å². The third-order valence-corrected chi connectivity index (χ3v) is 7.26. The van der Waals surface area contributed by atoms with Crippen molar-refractivity contribution in [2.24, 2.45) is 0 Å². The topological polar surface area (TPSA) is 62.0 Å². The zero-order chi connectivity index (χ0) is 19.7. The number of nitrogens with one attached hydrogen (secondary N) is 1. The van der Waals surface area contributed by atoms with Gasteiger partial charge in [-0.15, -0.1) is 0 Å². The zero-order valence-corrected chi connectivity index (χ0v) is 16.1. The van der Waals surface area contributed by atoms with E-state index in [1.807, 2.05) is 30.3 Å². The van der Waals surface area contributed by atoms with Gasteiger partial charge in [-0.05, 0) is 29.0 Å². The van der Waals surface area contributed by atoms with Crippen LogP contribution in [0.3, 0.4) is 0 Å². The molecular formula is C21H22FN2O3S+. The average Bonchev–Trinajstić information content (AvgIpc) is 2.71. The number of piperazine rings is 1. The molecule has 1 fully saturated rings. The summed E-state index contributed by atoms with van der Waals surface area (Å²) in [7, 11) is -3.84. The Balaban J connectivity index is 1.50. The van der Waals surface area contributed by atoms with Gasteiger partial charge in [-0.1, -0.05) is 42.5 Å². The molecule has 0 aromatic heterocycles. The van der Waals surface area contributed by atoms with Crippen LogP contribution in [0.1, 0.15) is 5.56 Å². The van der Waals surface area contributed by atoms with Crippen LogP contribution in [-0.4, -0.2) is 44.0 Å². The van der Waals surface area contributed by atoms with E-state index < -0.39 is 15.8 Å². The van der Waals surface area contributed by atoms with Gasteiger partial charge in [0.05, 0.1) is 31.7 Å². The Labute approximate surface area is 163 Å². The van der Waals surface area contributed by atoms with Crippen molar-refractivity contribution in [3.63, 3.8) is 0 Å². The lowest BCUT2D eigenvalue weighted by atomic mass is 10.0. The molecule has 3 aromatic carbocycles. The van der Waals surface area contributed by atoms with Crippen molar-refractivity contribution in [1.29, 1.82) is 0 Å². The summed E-state index contributed by atoms with van der Waals surface area (Å²) < 4.78 is 40.8. The molecule has 1 saturated heterocycles. The number of phenolic OH excluding ortho intramolecular Hbond substituents is 1. The molecule has 28 heavy (non-hydrogen) atoms. The number of fused-ring (bicyclic) bond motifs is 1. The number of hydrogen-bond donors (Lipinski definition) is 2. The van der Waals surface area contributed by atoms with Crippen LogP contribution < -0.4 is 4.90 Å². The Morgan fingerprint density at radius 3 is 2.39 bits per heavy atom. The minimum atomic E-state index is -3.84. The molecule has 1 heterocycles. The van der Waals surface area contributed by atoms with Crippen molar-refractivity contribution >= 4 is 20.8 Å². The molecule has 0 spiro atoms. The molecule has 3 aromatic rings. The highest BCUT2D eigenvalue weighted by atomic mass is 32.2. The van der Waals surface area contributed by atoms with Gasteiger partial charge in [-0.3, -0.25) is 0 Å². The van der Waals surface area contributed by atoms with Crippen LogP contribution >= 0.6 is 0 Å². The van der Waals surface area contributed by atoms with Gasteiger partial charge in [-0.25, -0.2) is 12.8 Å². The van der Waals surface area contributed by atoms with E-state index in [0.717, 1.165) is 22.4 Å². The summed E-state index contributed by atoms with van der Waals surface area (Å²) in [4.78, 5) is 0.914. The standard InChI is InChI=1S/C21H21FN2O3S/c22-19-7-3-4-8-21(19)28(26,27)24-13-11-23(12-14-24)15-18-17-6-2-1-5-16(17)9-10-20(18)25/h1-10,25H,11-15H2/p+1. The summed E-state index contributed by atoms with van der Waals surface area (Å²) in [5.41, 5.74) is 0.874. The van der Waals surface area contributed by atoms with Gasteiger partial charge in [-0.2, -0.15) is 4.31 Å². The van der Waals surface area contributed by atoms with Crippen molar-refractivity contribution in [1.82, 2.24) is 4.31 Å². The monoisotopic (exact) mass is 401 g/mol. The lowest BCUT2D eigenvalue weighted by molar-refractivity contribution is -0.917. The summed E-state index contributed by atoms with van der Waals surface area (Å²) in [6.07, 6.45) is 0. The lowest BCUT2D eigenvalue weighted by Gasteiger charge is -2.32. The predicted octanol–water partition coefficient (Wildman–Crippen LogP) is 1.77. The van der Waals surface area contributed by atoms with E-state index in [1.54, 1.807) is 6.07 Å². The normalized spacial score (nSPS) is 16.5. The number of sulfonamides is 1. The van der Waals surface area contributed by atoms with Crippen LogP contribution in [0, 0.1) is 5.82 Å². The average molecular weight is 401 g/mol. The minimum Gasteiger partial charge on any atom is -0.507 e. The molecule has 2 N–H and O–H groups in total. The second-order valence-corrected chi connectivity index (χ2v) is 8.95. The second kappa shape index (κ2) is 7.50. The van der Waals surface area contributed by atoms with E-state index in [1.165, 1.54) is 27.4 Å². The summed E-state index contributed by atoms with van der Waals surface area (Å²) in [5, 5.41) is 12.4. The summed E-state index contributed by atoms with van der Waals surface area (Å²) in [5.74, 6) is -0.467. The molecule has 0 unspecified atom stereocenters. The van der Waals surface area contributed by atoms with E-state index in [2.05, 4.69) is 0 Å². The van der Waals surface area contributed by atoms with E-state index >= 15 is 0 Å². The van der Waals surface area contributed by atoms with Gasteiger partial charge in [0, 0.05) is 0 Å². The Morgan fingerprint density at radius 2 is 1.64 bits per heavy atom. The fourth-order valence-corrected chi connectivity index (χ4v) is 5.28. The first-order valence-electron chi connectivity index (χ1n) is 9.24. The van der Waals surface area contributed by atoms with Gasteiger partial charge in [0.25, 0.3) is 0 Å². The van der Waals surface area contributed by atoms with Crippen LogP contribution in [0.15, 0.2) is 65.6 Å². The quantitative estimate of drug-likeness (QED) is 0.701. The fraction of sp³-hybridized carbons (Fsp3) is 0.238. The Kier molecular flexibility index (Phi) is 5.05. The molecule has 0 amide bonds. The number of halogens is 1. The molecule has 1 aliphatic rings. The first-order chi connectivity index (χ1) is 13.5. The number of hydrogen-bond acceptors (Lipinski definition) is 3. The van der Waals surface area contributed by atoms with Crippen LogP contribution in [0.25, 0.3) is 10.8 Å². The number of phenols is 1. The summed E-state index contributed by atoms with van der Waals surface area (Å²) in [6.45, 7) is 2.43. The fourth-order valence-electron chi connectivity index (χ4n) is 3.77. The zero-order valence-electron chi connectivity index (χ0n) is 15.3. The molecule has 7 heteroatoms. The summed E-state index contributed by atoms with van der Waals surface area (Å²) in [6, 6.07) is 17.0. The summed E-state index contributed by atoms with van der Waals surface area (Å²) >= 11 is 0. The number of rotatable bonds is 4. The van der Waals surface area contributed by atoms with Crippen molar-refractivity contribution in [3.8, 4) is 5.75 Å². The largest absolute Gasteiger partial charge is 0.507 e. The Hall–Kier alpha value is -2.48. The molecule has 5 nitrogen and oxygen atoms in total. The molecule has 0 bridgehead atoms. The van der Waals surface area contributed by atoms with Crippen LogP contribution in [0.5, 0.6) is 5.75 Å². The first kappa shape index (κ1) is 18.9. The SMILES string of the molecule is O=S(=O)(c1ccccc1F)N1CC[NH+](Cc2c(O)ccc3ccccc23)CC1. The minimum absolute atomic E-state index is 0.257. The van der Waals surface area contributed by atoms with Crippen molar-refractivity contribution in [2.75, 3.05) is 26.2 Å². The predicted molar refractivity (Wildman–Crippen MR) is 105 cm³/mol. The number of nitrogens with zero attached hydrogens (tertiary/aromatic N) is 1. The molecule has 0 aliphatic carbocycles. The molecule has 0 saturated carbocycles. The molecule has 146 valence electrons. The lowest BCUT2D eigenvalue weighted by Crippen LogP contribution is -3.13. The van der Waals surface area contributed by atoms with Crippen LogP contribution in [-0.2, 0) is 16.6 Å². The van der Waals surface area contributed by atoms with Crippen LogP contribution in [0.4, 0.5) is 4.39 Å². The number of quaternary nitrogens is 1. The second-order valence-electron chi connectivity index (χ2n) is 7.05. The maximum Gasteiger partial charge on any atom is 0.246 e. The molecular weight excluding hydrogens is 379 g/mol. The van der Waals surface area contributed by atoms with E-state index in [0.29, 0.717) is 32.7 Å². The van der Waals surface area contributed by atoms with Crippen molar-refractivity contribution in [3.05, 3.63) is 72.0 Å². The van der Waals surface area contributed by atoms with Gasteiger partial charge in [0.15, 0.2) is 0 Å². The Morgan fingerprint density at radius 1 is 0.964 bits per heavy atom. The van der Waals surface area contributed by atoms with Gasteiger partial charge < -0.3 is 10.0 Å². The molecule has 4 rings (SSSR count). The maximum absolute atomic E-state index is 14.0. The van der Waals surface area contributed by atoms with Crippen molar-refractivity contribution < 1.29 is 22.8 Å². The van der Waals surface area contributed by atoms with E-state index in [9.17, 15) is 17.9 Å². The first-order valence-corrected chi connectivity index (χ1v) is 10.7. The molecule has 0 atom stereocenters. The van der Waals surface area contributed by atoms with Gasteiger partial charge in [0.2, 0.25) is 10.0 Å². The van der Waals surface area contributed by atoms with Crippen LogP contribution in [0.2, 0.25) is 0 Å². The maximum atomic E-state index is 14.0. The highest BCUT2D eigenvalue weighted by Crippen LogP contribution is 2.26. The third-order valence-electron chi connectivity index (χ3n) is 5.33. The smallest absolute Gasteiger partial charge is 0.246 e. The third kappa shape index (κ3) is 3.48.